The maximum atomic E-state index is 11.7. The second kappa shape index (κ2) is 7.34. The number of piperidine rings is 1. The Hall–Kier alpha value is -2.97. The molecule has 0 aliphatic carbocycles. The highest BCUT2D eigenvalue weighted by atomic mass is 16.5. The van der Waals surface area contributed by atoms with E-state index in [0.29, 0.717) is 24.2 Å². The van der Waals surface area contributed by atoms with E-state index in [1.165, 1.54) is 0 Å². The van der Waals surface area contributed by atoms with Gasteiger partial charge in [0.2, 0.25) is 0 Å². The molecule has 9 heteroatoms. The molecule has 0 saturated carbocycles. The lowest BCUT2D eigenvalue weighted by molar-refractivity contribution is 0.389. The van der Waals surface area contributed by atoms with E-state index in [0.717, 1.165) is 49.6 Å². The number of aryl methyl sites for hydroxylation is 1. The van der Waals surface area contributed by atoms with Crippen LogP contribution < -0.4 is 10.6 Å². The minimum atomic E-state index is -0.123. The molecule has 1 N–H and O–H groups in total. The van der Waals surface area contributed by atoms with Crippen molar-refractivity contribution in [2.45, 2.75) is 39.7 Å². The molecule has 0 spiro atoms. The maximum absolute atomic E-state index is 11.7. The molecule has 4 rings (SSSR count). The summed E-state index contributed by atoms with van der Waals surface area (Å²) >= 11 is 0. The quantitative estimate of drug-likeness (QED) is 0.731. The van der Waals surface area contributed by atoms with Crippen molar-refractivity contribution in [1.82, 2.24) is 29.9 Å². The van der Waals surface area contributed by atoms with Crippen molar-refractivity contribution in [1.29, 1.82) is 0 Å². The standard InChI is InChI=1S/C18H23N7O2/c1-3-25-16(21-22-18(25)26)10-13-5-8-24(9-6-13)15-11-14(4-7-19-15)17-20-12(2)23-27-17/h4,7,11,13H,3,5-6,8-10H2,1-2H3,(H,22,26). The summed E-state index contributed by atoms with van der Waals surface area (Å²) in [4.78, 5) is 22.8. The molecule has 3 aromatic heterocycles. The number of nitrogens with one attached hydrogen (secondary N) is 1. The normalized spacial score (nSPS) is 15.4. The molecule has 0 unspecified atom stereocenters. The number of pyridine rings is 1. The van der Waals surface area contributed by atoms with E-state index in [9.17, 15) is 4.79 Å². The minimum absolute atomic E-state index is 0.123. The van der Waals surface area contributed by atoms with Gasteiger partial charge in [-0.3, -0.25) is 4.57 Å². The minimum Gasteiger partial charge on any atom is -0.357 e. The molecular weight excluding hydrogens is 346 g/mol. The Kier molecular flexibility index (Phi) is 4.74. The van der Waals surface area contributed by atoms with Gasteiger partial charge in [-0.05, 0) is 44.7 Å². The van der Waals surface area contributed by atoms with Gasteiger partial charge in [0.25, 0.3) is 5.89 Å². The number of nitrogens with zero attached hydrogens (tertiary/aromatic N) is 6. The van der Waals surface area contributed by atoms with Crippen molar-refractivity contribution in [2.75, 3.05) is 18.0 Å². The van der Waals surface area contributed by atoms with Crippen LogP contribution in [0.15, 0.2) is 27.6 Å². The second-order valence-electron chi connectivity index (χ2n) is 6.87. The van der Waals surface area contributed by atoms with Gasteiger partial charge in [0.1, 0.15) is 11.6 Å². The fraction of sp³-hybridized carbons (Fsp3) is 0.500. The van der Waals surface area contributed by atoms with Crippen LogP contribution in [0.4, 0.5) is 5.82 Å². The van der Waals surface area contributed by atoms with Gasteiger partial charge in [-0.1, -0.05) is 5.16 Å². The molecule has 0 amide bonds. The van der Waals surface area contributed by atoms with Gasteiger partial charge in [0.15, 0.2) is 5.82 Å². The van der Waals surface area contributed by atoms with E-state index >= 15 is 0 Å². The summed E-state index contributed by atoms with van der Waals surface area (Å²) in [6.45, 7) is 6.26. The van der Waals surface area contributed by atoms with E-state index < -0.39 is 0 Å². The van der Waals surface area contributed by atoms with Gasteiger partial charge in [0, 0.05) is 37.8 Å². The molecule has 0 aromatic carbocycles. The first-order valence-electron chi connectivity index (χ1n) is 9.29. The zero-order chi connectivity index (χ0) is 18.8. The lowest BCUT2D eigenvalue weighted by Gasteiger charge is -2.32. The van der Waals surface area contributed by atoms with E-state index in [2.05, 4.69) is 30.2 Å². The number of hydrogen-bond acceptors (Lipinski definition) is 7. The average Bonchev–Trinajstić information content (AvgIpc) is 3.28. The van der Waals surface area contributed by atoms with Gasteiger partial charge in [-0.15, -0.1) is 0 Å². The summed E-state index contributed by atoms with van der Waals surface area (Å²) < 4.78 is 6.97. The zero-order valence-corrected chi connectivity index (χ0v) is 15.6. The Morgan fingerprint density at radius 3 is 2.85 bits per heavy atom. The van der Waals surface area contributed by atoms with Crippen molar-refractivity contribution >= 4 is 5.82 Å². The van der Waals surface area contributed by atoms with Crippen LogP contribution in [0.1, 0.15) is 31.4 Å². The highest BCUT2D eigenvalue weighted by molar-refractivity contribution is 5.58. The number of rotatable bonds is 5. The van der Waals surface area contributed by atoms with Crippen LogP contribution in [-0.2, 0) is 13.0 Å². The van der Waals surface area contributed by atoms with Gasteiger partial charge in [-0.2, -0.15) is 10.1 Å². The van der Waals surface area contributed by atoms with Crippen molar-refractivity contribution in [3.63, 3.8) is 0 Å². The molecule has 9 nitrogen and oxygen atoms in total. The monoisotopic (exact) mass is 369 g/mol. The zero-order valence-electron chi connectivity index (χ0n) is 15.6. The number of anilines is 1. The fourth-order valence-electron chi connectivity index (χ4n) is 3.60. The summed E-state index contributed by atoms with van der Waals surface area (Å²) in [5.74, 6) is 3.43. The molecule has 27 heavy (non-hydrogen) atoms. The third-order valence-electron chi connectivity index (χ3n) is 5.08. The SMILES string of the molecule is CCn1c(CC2CCN(c3cc(-c4nc(C)no4)ccn3)CC2)n[nH]c1=O. The number of H-pyrrole nitrogens is 1. The first-order valence-corrected chi connectivity index (χ1v) is 9.29. The predicted octanol–water partition coefficient (Wildman–Crippen LogP) is 1.80. The summed E-state index contributed by atoms with van der Waals surface area (Å²) in [7, 11) is 0. The van der Waals surface area contributed by atoms with E-state index in [1.54, 1.807) is 17.7 Å². The lowest BCUT2D eigenvalue weighted by atomic mass is 9.93. The second-order valence-corrected chi connectivity index (χ2v) is 6.87. The average molecular weight is 369 g/mol. The fourth-order valence-corrected chi connectivity index (χ4v) is 3.60. The van der Waals surface area contributed by atoms with Crippen molar-refractivity contribution in [2.24, 2.45) is 5.92 Å². The largest absolute Gasteiger partial charge is 0.357 e. The Morgan fingerprint density at radius 2 is 2.15 bits per heavy atom. The summed E-state index contributed by atoms with van der Waals surface area (Å²) in [6, 6.07) is 3.88. The third-order valence-corrected chi connectivity index (χ3v) is 5.08. The smallest absolute Gasteiger partial charge is 0.343 e. The van der Waals surface area contributed by atoms with Gasteiger partial charge < -0.3 is 9.42 Å². The molecule has 1 aliphatic rings. The molecule has 0 radical (unpaired) electrons. The Labute approximate surface area is 156 Å². The van der Waals surface area contributed by atoms with Crippen LogP contribution in [-0.4, -0.2) is 43.0 Å². The summed E-state index contributed by atoms with van der Waals surface area (Å²) in [5, 5.41) is 10.6. The van der Waals surface area contributed by atoms with E-state index in [-0.39, 0.29) is 5.69 Å². The van der Waals surface area contributed by atoms with Crippen LogP contribution in [0.3, 0.4) is 0 Å². The third kappa shape index (κ3) is 3.62. The molecule has 1 saturated heterocycles. The maximum Gasteiger partial charge on any atom is 0.343 e. The van der Waals surface area contributed by atoms with Crippen LogP contribution in [0.2, 0.25) is 0 Å². The number of hydrogen-bond donors (Lipinski definition) is 1. The highest BCUT2D eigenvalue weighted by Crippen LogP contribution is 2.26. The molecule has 142 valence electrons. The molecular formula is C18H23N7O2. The topological polar surface area (TPSA) is 106 Å². The molecule has 1 fully saturated rings. The van der Waals surface area contributed by atoms with Crippen LogP contribution in [0, 0.1) is 12.8 Å². The van der Waals surface area contributed by atoms with Gasteiger partial charge >= 0.3 is 5.69 Å². The molecule has 3 aromatic rings. The first kappa shape index (κ1) is 17.4. The molecule has 0 atom stereocenters. The Morgan fingerprint density at radius 1 is 1.33 bits per heavy atom. The first-order chi connectivity index (χ1) is 13.1. The van der Waals surface area contributed by atoms with E-state index in [1.807, 2.05) is 19.1 Å². The molecule has 0 bridgehead atoms. The van der Waals surface area contributed by atoms with Crippen LogP contribution in [0.25, 0.3) is 11.5 Å². The van der Waals surface area contributed by atoms with Gasteiger partial charge in [0.05, 0.1) is 0 Å². The molecule has 4 heterocycles. The highest BCUT2D eigenvalue weighted by Gasteiger charge is 2.23. The van der Waals surface area contributed by atoms with Crippen molar-refractivity contribution < 1.29 is 4.52 Å². The van der Waals surface area contributed by atoms with Crippen molar-refractivity contribution in [3.8, 4) is 11.5 Å². The van der Waals surface area contributed by atoms with Crippen LogP contribution >= 0.6 is 0 Å². The molecule has 1 aliphatic heterocycles. The van der Waals surface area contributed by atoms with Crippen molar-refractivity contribution in [3.05, 3.63) is 40.5 Å². The summed E-state index contributed by atoms with van der Waals surface area (Å²) in [5.41, 5.74) is 0.758. The number of aromatic nitrogens is 6. The van der Waals surface area contributed by atoms with E-state index in [4.69, 9.17) is 4.52 Å². The Bertz CT molecular complexity index is 966. The predicted molar refractivity (Wildman–Crippen MR) is 99.4 cm³/mol. The Balaban J connectivity index is 1.41. The lowest BCUT2D eigenvalue weighted by Crippen LogP contribution is -2.35. The summed E-state index contributed by atoms with van der Waals surface area (Å²) in [6.07, 6.45) is 4.68. The van der Waals surface area contributed by atoms with Gasteiger partial charge in [-0.25, -0.2) is 14.9 Å². The van der Waals surface area contributed by atoms with Crippen LogP contribution in [0.5, 0.6) is 0 Å². The number of aromatic amines is 1.